The quantitative estimate of drug-likeness (QED) is 0.272. The number of benzene rings is 2. The number of carbonyl (C=O) groups is 3. The number of aliphatic imine (C=N–C) groups is 1. The molecule has 0 fully saturated rings. The van der Waals surface area contributed by atoms with Crippen LogP contribution in [-0.4, -0.2) is 28.8 Å². The fourth-order valence-electron chi connectivity index (χ4n) is 2.58. The number of rotatable bonds is 7. The van der Waals surface area contributed by atoms with E-state index in [2.05, 4.69) is 15.8 Å². The topological polar surface area (TPSA) is 160 Å². The number of nitrogens with zero attached hydrogens (tertiary/aromatic N) is 1. The molecule has 0 saturated carbocycles. The molecular weight excluding hydrogens is 362 g/mol. The van der Waals surface area contributed by atoms with E-state index < -0.39 is 23.7 Å². The van der Waals surface area contributed by atoms with E-state index in [-0.39, 0.29) is 24.4 Å². The van der Waals surface area contributed by atoms with Crippen LogP contribution >= 0.6 is 0 Å². The van der Waals surface area contributed by atoms with Crippen molar-refractivity contribution in [3.05, 3.63) is 65.7 Å². The van der Waals surface area contributed by atoms with Crippen LogP contribution in [0.25, 0.3) is 0 Å². The maximum absolute atomic E-state index is 12.2. The molecule has 2 amide bonds. The molecule has 0 aliphatic heterocycles. The minimum atomic E-state index is -1.01. The molecule has 0 aromatic heterocycles. The zero-order valence-corrected chi connectivity index (χ0v) is 15.0. The van der Waals surface area contributed by atoms with E-state index in [4.69, 9.17) is 16.6 Å². The van der Waals surface area contributed by atoms with Crippen LogP contribution in [-0.2, 0) is 9.59 Å². The second-order valence-corrected chi connectivity index (χ2v) is 6.00. The normalized spacial score (nSPS) is 11.1. The van der Waals surface area contributed by atoms with Crippen LogP contribution in [0.15, 0.2) is 59.6 Å². The Hall–Kier alpha value is -3.88. The highest BCUT2D eigenvalue weighted by molar-refractivity contribution is 5.96. The molecule has 2 aromatic rings. The second-order valence-electron chi connectivity index (χ2n) is 6.00. The van der Waals surface area contributed by atoms with E-state index in [0.717, 1.165) is 5.56 Å². The summed E-state index contributed by atoms with van der Waals surface area (Å²) in [5, 5.41) is 9.08. The summed E-state index contributed by atoms with van der Waals surface area (Å²) in [4.78, 5) is 39.3. The van der Waals surface area contributed by atoms with Crippen molar-refractivity contribution >= 4 is 29.4 Å². The molecule has 0 heterocycles. The fourth-order valence-corrected chi connectivity index (χ4v) is 2.58. The van der Waals surface area contributed by atoms with E-state index >= 15 is 0 Å². The average molecular weight is 383 g/mol. The van der Waals surface area contributed by atoms with Crippen LogP contribution in [0.3, 0.4) is 0 Å². The van der Waals surface area contributed by atoms with Crippen molar-refractivity contribution in [1.29, 1.82) is 0 Å². The van der Waals surface area contributed by atoms with E-state index in [1.807, 2.05) is 0 Å². The molecule has 0 aliphatic carbocycles. The van der Waals surface area contributed by atoms with Gasteiger partial charge in [0.05, 0.1) is 12.1 Å². The van der Waals surface area contributed by atoms with Gasteiger partial charge in [0.2, 0.25) is 5.91 Å². The van der Waals surface area contributed by atoms with Gasteiger partial charge in [0, 0.05) is 17.9 Å². The Bertz CT molecular complexity index is 879. The minimum Gasteiger partial charge on any atom is -0.481 e. The Morgan fingerprint density at radius 3 is 2.32 bits per heavy atom. The molecule has 0 spiro atoms. The maximum atomic E-state index is 12.2. The number of guanidine groups is 1. The van der Waals surface area contributed by atoms with Crippen LogP contribution in [0.4, 0.5) is 5.69 Å². The lowest BCUT2D eigenvalue weighted by molar-refractivity contribution is -0.137. The molecule has 0 saturated heterocycles. The van der Waals surface area contributed by atoms with E-state index in [1.165, 1.54) is 12.1 Å². The molecule has 2 aromatic carbocycles. The van der Waals surface area contributed by atoms with E-state index in [0.29, 0.717) is 5.69 Å². The van der Waals surface area contributed by atoms with Crippen LogP contribution in [0.1, 0.15) is 34.7 Å². The summed E-state index contributed by atoms with van der Waals surface area (Å²) in [7, 11) is 0. The summed E-state index contributed by atoms with van der Waals surface area (Å²) in [6.45, 7) is 0. The summed E-state index contributed by atoms with van der Waals surface area (Å²) in [6, 6.07) is 15.1. The summed E-state index contributed by atoms with van der Waals surface area (Å²) in [5.74, 6) is -2.74. The van der Waals surface area contributed by atoms with Gasteiger partial charge in [-0.3, -0.25) is 25.2 Å². The Labute approximate surface area is 161 Å². The molecule has 0 bridgehead atoms. The number of carbonyl (C=O) groups excluding carboxylic acids is 2. The second kappa shape index (κ2) is 9.72. The van der Waals surface area contributed by atoms with Gasteiger partial charge in [-0.1, -0.05) is 36.4 Å². The Morgan fingerprint density at radius 2 is 1.68 bits per heavy atom. The number of hydrogen-bond acceptors (Lipinski definition) is 4. The third kappa shape index (κ3) is 6.45. The largest absolute Gasteiger partial charge is 0.481 e. The van der Waals surface area contributed by atoms with Crippen molar-refractivity contribution in [2.75, 3.05) is 0 Å². The molecule has 1 atom stereocenters. The molecule has 146 valence electrons. The van der Waals surface area contributed by atoms with Crippen molar-refractivity contribution in [1.82, 2.24) is 10.9 Å². The van der Waals surface area contributed by atoms with Crippen molar-refractivity contribution in [2.45, 2.75) is 18.8 Å². The SMILES string of the molecule is NC(N)=Nc1cccc(C(=O)NNC(=O)CC(CC(=O)O)c2ccccc2)c1. The van der Waals surface area contributed by atoms with E-state index in [1.54, 1.807) is 42.5 Å². The fraction of sp³-hybridized carbons (Fsp3) is 0.158. The lowest BCUT2D eigenvalue weighted by atomic mass is 9.92. The van der Waals surface area contributed by atoms with Crippen LogP contribution < -0.4 is 22.3 Å². The molecule has 0 radical (unpaired) electrons. The average Bonchev–Trinajstić information content (AvgIpc) is 2.65. The molecule has 28 heavy (non-hydrogen) atoms. The summed E-state index contributed by atoms with van der Waals surface area (Å²) < 4.78 is 0. The van der Waals surface area contributed by atoms with Crippen LogP contribution in [0, 0.1) is 0 Å². The van der Waals surface area contributed by atoms with Crippen LogP contribution in [0.5, 0.6) is 0 Å². The number of hydrogen-bond donors (Lipinski definition) is 5. The van der Waals surface area contributed by atoms with Gasteiger partial charge in [0.15, 0.2) is 5.96 Å². The lowest BCUT2D eigenvalue weighted by Gasteiger charge is -2.15. The van der Waals surface area contributed by atoms with Gasteiger partial charge in [0.25, 0.3) is 5.91 Å². The van der Waals surface area contributed by atoms with E-state index in [9.17, 15) is 14.4 Å². The molecule has 2 rings (SSSR count). The number of nitrogens with one attached hydrogen (secondary N) is 2. The zero-order valence-electron chi connectivity index (χ0n) is 15.0. The molecular formula is C19H21N5O4. The number of carboxylic acids is 1. The predicted molar refractivity (Wildman–Crippen MR) is 104 cm³/mol. The first kappa shape index (κ1) is 20.4. The van der Waals surface area contributed by atoms with Crippen molar-refractivity contribution < 1.29 is 19.5 Å². The van der Waals surface area contributed by atoms with Crippen molar-refractivity contribution in [3.63, 3.8) is 0 Å². The highest BCUT2D eigenvalue weighted by atomic mass is 16.4. The lowest BCUT2D eigenvalue weighted by Crippen LogP contribution is -2.42. The number of carboxylic acid groups (broad SMARTS) is 1. The monoisotopic (exact) mass is 383 g/mol. The Morgan fingerprint density at radius 1 is 0.964 bits per heavy atom. The third-order valence-electron chi connectivity index (χ3n) is 3.81. The smallest absolute Gasteiger partial charge is 0.303 e. The van der Waals surface area contributed by atoms with Gasteiger partial charge in [0.1, 0.15) is 0 Å². The standard InChI is InChI=1S/C19H21N5O4/c20-19(21)22-15-8-4-7-13(9-15)18(28)24-23-16(25)10-14(11-17(26)27)12-5-2-1-3-6-12/h1-9,14H,10-11H2,(H,23,25)(H,24,28)(H,26,27)(H4,20,21,22). The summed E-state index contributed by atoms with van der Waals surface area (Å²) in [6.07, 6.45) is -0.295. The predicted octanol–water partition coefficient (Wildman–Crippen LogP) is 1.00. The molecule has 0 aliphatic rings. The molecule has 1 unspecified atom stereocenters. The number of aliphatic carboxylic acids is 1. The van der Waals surface area contributed by atoms with Gasteiger partial charge < -0.3 is 16.6 Å². The summed E-state index contributed by atoms with van der Waals surface area (Å²) in [5.41, 5.74) is 16.6. The number of hydrazine groups is 1. The maximum Gasteiger partial charge on any atom is 0.303 e. The molecule has 9 nitrogen and oxygen atoms in total. The third-order valence-corrected chi connectivity index (χ3v) is 3.81. The van der Waals surface area contributed by atoms with Gasteiger partial charge >= 0.3 is 5.97 Å². The van der Waals surface area contributed by atoms with Gasteiger partial charge in [-0.15, -0.1) is 0 Å². The Kier molecular flexibility index (Phi) is 7.09. The van der Waals surface area contributed by atoms with Crippen molar-refractivity contribution in [3.8, 4) is 0 Å². The highest BCUT2D eigenvalue weighted by Crippen LogP contribution is 2.23. The molecule has 7 N–H and O–H groups in total. The Balaban J connectivity index is 1.97. The van der Waals surface area contributed by atoms with Gasteiger partial charge in [-0.25, -0.2) is 4.99 Å². The highest BCUT2D eigenvalue weighted by Gasteiger charge is 2.19. The first-order valence-corrected chi connectivity index (χ1v) is 8.40. The van der Waals surface area contributed by atoms with Crippen molar-refractivity contribution in [2.24, 2.45) is 16.5 Å². The zero-order chi connectivity index (χ0) is 20.5. The first-order valence-electron chi connectivity index (χ1n) is 8.40. The minimum absolute atomic E-state index is 0.0926. The van der Waals surface area contributed by atoms with Gasteiger partial charge in [-0.2, -0.15) is 0 Å². The first-order chi connectivity index (χ1) is 13.3. The number of nitrogens with two attached hydrogens (primary N) is 2. The number of amides is 2. The van der Waals surface area contributed by atoms with Gasteiger partial charge in [-0.05, 0) is 23.8 Å². The van der Waals surface area contributed by atoms with Crippen LogP contribution in [0.2, 0.25) is 0 Å². The molecule has 9 heteroatoms. The summed E-state index contributed by atoms with van der Waals surface area (Å²) >= 11 is 0.